The van der Waals surface area contributed by atoms with Crippen molar-refractivity contribution < 1.29 is 0 Å². The van der Waals surface area contributed by atoms with Crippen LogP contribution in [0.4, 0.5) is 11.4 Å². The van der Waals surface area contributed by atoms with E-state index >= 15 is 0 Å². The number of hydrogen-bond acceptors (Lipinski definition) is 3. The van der Waals surface area contributed by atoms with Gasteiger partial charge in [-0.05, 0) is 24.3 Å². The Kier molecular flexibility index (Phi) is 2.43. The third kappa shape index (κ3) is 1.95. The summed E-state index contributed by atoms with van der Waals surface area (Å²) in [5.41, 5.74) is 2.93. The first-order valence-electron chi connectivity index (χ1n) is 5.44. The average Bonchev–Trinajstić information content (AvgIpc) is 2.40. The molecule has 0 aliphatic rings. The van der Waals surface area contributed by atoms with Crippen LogP contribution in [-0.2, 0) is 0 Å². The van der Waals surface area contributed by atoms with E-state index in [1.165, 1.54) is 0 Å². The first-order valence-corrected chi connectivity index (χ1v) is 5.44. The quantitative estimate of drug-likeness (QED) is 0.721. The molecule has 2 heterocycles. The van der Waals surface area contributed by atoms with Gasteiger partial charge in [0, 0.05) is 17.8 Å². The van der Waals surface area contributed by atoms with Crippen molar-refractivity contribution in [2.24, 2.45) is 0 Å². The zero-order valence-corrected chi connectivity index (χ0v) is 9.17. The molecule has 0 aliphatic carbocycles. The molecule has 17 heavy (non-hydrogen) atoms. The lowest BCUT2D eigenvalue weighted by Gasteiger charge is -2.08. The van der Waals surface area contributed by atoms with Crippen LogP contribution in [0, 0.1) is 0 Å². The fraction of sp³-hybridized carbons (Fsp3) is 0. The maximum atomic E-state index is 4.39. The van der Waals surface area contributed by atoms with Gasteiger partial charge in [0.25, 0.3) is 0 Å². The summed E-state index contributed by atoms with van der Waals surface area (Å²) in [6.45, 7) is 0. The number of fused-ring (bicyclic) bond motifs is 1. The van der Waals surface area contributed by atoms with Crippen molar-refractivity contribution in [3.8, 4) is 0 Å². The molecule has 0 amide bonds. The fourth-order valence-electron chi connectivity index (χ4n) is 1.80. The SMILES string of the molecule is c1cncc(Nc2cccc3cccnc23)c1. The topological polar surface area (TPSA) is 37.8 Å². The molecular weight excluding hydrogens is 210 g/mol. The predicted octanol–water partition coefficient (Wildman–Crippen LogP) is 3.37. The molecule has 1 N–H and O–H groups in total. The second-order valence-electron chi connectivity index (χ2n) is 3.75. The largest absolute Gasteiger partial charge is 0.352 e. The van der Waals surface area contributed by atoms with Crippen LogP contribution in [0.1, 0.15) is 0 Å². The van der Waals surface area contributed by atoms with Crippen LogP contribution in [0.15, 0.2) is 61.1 Å². The summed E-state index contributed by atoms with van der Waals surface area (Å²) in [5, 5.41) is 4.45. The molecule has 3 nitrogen and oxygen atoms in total. The summed E-state index contributed by atoms with van der Waals surface area (Å²) in [7, 11) is 0. The normalized spacial score (nSPS) is 10.4. The molecule has 0 unspecified atom stereocenters. The van der Waals surface area contributed by atoms with Crippen LogP contribution in [0.5, 0.6) is 0 Å². The maximum Gasteiger partial charge on any atom is 0.0936 e. The molecule has 0 radical (unpaired) electrons. The molecular formula is C14H11N3. The highest BCUT2D eigenvalue weighted by Crippen LogP contribution is 2.23. The van der Waals surface area contributed by atoms with Gasteiger partial charge in [0.15, 0.2) is 0 Å². The Morgan fingerprint density at radius 2 is 1.76 bits per heavy atom. The molecule has 1 aromatic carbocycles. The van der Waals surface area contributed by atoms with Gasteiger partial charge in [-0.1, -0.05) is 18.2 Å². The highest BCUT2D eigenvalue weighted by molar-refractivity contribution is 5.91. The standard InChI is InChI=1S/C14H11N3/c1-4-11-5-2-9-16-14(11)13(7-1)17-12-6-3-8-15-10-12/h1-10,17H. The zero-order chi connectivity index (χ0) is 11.5. The second-order valence-corrected chi connectivity index (χ2v) is 3.75. The molecule has 0 saturated heterocycles. The van der Waals surface area contributed by atoms with Gasteiger partial charge in [0.1, 0.15) is 0 Å². The van der Waals surface area contributed by atoms with E-state index in [0.29, 0.717) is 0 Å². The van der Waals surface area contributed by atoms with Gasteiger partial charge in [-0.25, -0.2) is 0 Å². The summed E-state index contributed by atoms with van der Waals surface area (Å²) in [6, 6.07) is 14.0. The highest BCUT2D eigenvalue weighted by Gasteiger charge is 2.01. The van der Waals surface area contributed by atoms with Crippen LogP contribution in [0.3, 0.4) is 0 Å². The minimum absolute atomic E-state index is 0.964. The van der Waals surface area contributed by atoms with Crippen molar-refractivity contribution in [2.45, 2.75) is 0 Å². The number of para-hydroxylation sites is 1. The van der Waals surface area contributed by atoms with E-state index in [1.54, 1.807) is 18.6 Å². The van der Waals surface area contributed by atoms with Crippen molar-refractivity contribution in [1.82, 2.24) is 9.97 Å². The molecule has 82 valence electrons. The predicted molar refractivity (Wildman–Crippen MR) is 69.3 cm³/mol. The van der Waals surface area contributed by atoms with Crippen molar-refractivity contribution in [2.75, 3.05) is 5.32 Å². The van der Waals surface area contributed by atoms with Gasteiger partial charge in [-0.2, -0.15) is 0 Å². The number of benzene rings is 1. The Morgan fingerprint density at radius 1 is 0.882 bits per heavy atom. The van der Waals surface area contributed by atoms with Crippen LogP contribution >= 0.6 is 0 Å². The molecule has 0 saturated carbocycles. The van der Waals surface area contributed by atoms with E-state index in [4.69, 9.17) is 0 Å². The summed E-state index contributed by atoms with van der Waals surface area (Å²) < 4.78 is 0. The Bertz CT molecular complexity index is 630. The Labute approximate surface area is 99.2 Å². The van der Waals surface area contributed by atoms with Gasteiger partial charge < -0.3 is 5.32 Å². The smallest absolute Gasteiger partial charge is 0.0936 e. The second kappa shape index (κ2) is 4.22. The third-order valence-electron chi connectivity index (χ3n) is 2.57. The fourth-order valence-corrected chi connectivity index (χ4v) is 1.80. The number of hydrogen-bond donors (Lipinski definition) is 1. The monoisotopic (exact) mass is 221 g/mol. The van der Waals surface area contributed by atoms with E-state index in [0.717, 1.165) is 22.3 Å². The lowest BCUT2D eigenvalue weighted by atomic mass is 10.2. The molecule has 2 aromatic heterocycles. The Balaban J connectivity index is 2.06. The van der Waals surface area contributed by atoms with Gasteiger partial charge in [0.2, 0.25) is 0 Å². The minimum Gasteiger partial charge on any atom is -0.352 e. The Hall–Kier alpha value is -2.42. The third-order valence-corrected chi connectivity index (χ3v) is 2.57. The zero-order valence-electron chi connectivity index (χ0n) is 9.17. The van der Waals surface area contributed by atoms with E-state index in [2.05, 4.69) is 27.4 Å². The van der Waals surface area contributed by atoms with E-state index in [9.17, 15) is 0 Å². The van der Waals surface area contributed by atoms with Crippen LogP contribution in [-0.4, -0.2) is 9.97 Å². The van der Waals surface area contributed by atoms with Crippen molar-refractivity contribution in [3.63, 3.8) is 0 Å². The van der Waals surface area contributed by atoms with Crippen LogP contribution < -0.4 is 5.32 Å². The lowest BCUT2D eigenvalue weighted by Crippen LogP contribution is -1.92. The summed E-state index contributed by atoms with van der Waals surface area (Å²) >= 11 is 0. The van der Waals surface area contributed by atoms with Crippen molar-refractivity contribution >= 4 is 22.3 Å². The van der Waals surface area contributed by atoms with E-state index in [-0.39, 0.29) is 0 Å². The number of nitrogens with zero attached hydrogens (tertiary/aromatic N) is 2. The molecule has 0 aliphatic heterocycles. The lowest BCUT2D eigenvalue weighted by molar-refractivity contribution is 1.32. The number of pyridine rings is 2. The molecule has 3 rings (SSSR count). The van der Waals surface area contributed by atoms with E-state index < -0.39 is 0 Å². The highest BCUT2D eigenvalue weighted by atomic mass is 14.9. The molecule has 0 bridgehead atoms. The van der Waals surface area contributed by atoms with Gasteiger partial charge in [-0.3, -0.25) is 9.97 Å². The summed E-state index contributed by atoms with van der Waals surface area (Å²) in [6.07, 6.45) is 5.35. The van der Waals surface area contributed by atoms with Crippen LogP contribution in [0.25, 0.3) is 10.9 Å². The molecule has 0 atom stereocenters. The molecule has 3 aromatic rings. The van der Waals surface area contributed by atoms with Crippen molar-refractivity contribution in [3.05, 3.63) is 61.1 Å². The minimum atomic E-state index is 0.964. The maximum absolute atomic E-state index is 4.39. The molecule has 0 spiro atoms. The van der Waals surface area contributed by atoms with Crippen LogP contribution in [0.2, 0.25) is 0 Å². The first kappa shape index (κ1) is 9.78. The van der Waals surface area contributed by atoms with E-state index in [1.807, 2.05) is 30.3 Å². The molecule has 3 heteroatoms. The average molecular weight is 221 g/mol. The van der Waals surface area contributed by atoms with Crippen molar-refractivity contribution in [1.29, 1.82) is 0 Å². The van der Waals surface area contributed by atoms with Gasteiger partial charge in [0.05, 0.1) is 23.1 Å². The number of aromatic nitrogens is 2. The number of rotatable bonds is 2. The number of nitrogens with one attached hydrogen (secondary N) is 1. The van der Waals surface area contributed by atoms with Gasteiger partial charge >= 0.3 is 0 Å². The summed E-state index contributed by atoms with van der Waals surface area (Å²) in [5.74, 6) is 0. The number of anilines is 2. The first-order chi connectivity index (χ1) is 8.43. The molecule has 0 fully saturated rings. The summed E-state index contributed by atoms with van der Waals surface area (Å²) in [4.78, 5) is 8.47. The van der Waals surface area contributed by atoms with Gasteiger partial charge in [-0.15, -0.1) is 0 Å². The Morgan fingerprint density at radius 3 is 2.65 bits per heavy atom.